The molecule has 47 heavy (non-hydrogen) atoms. The van der Waals surface area contributed by atoms with Crippen molar-refractivity contribution < 1.29 is 32.3 Å². The van der Waals surface area contributed by atoms with Crippen LogP contribution < -0.4 is 15.4 Å². The van der Waals surface area contributed by atoms with Gasteiger partial charge in [-0.3, -0.25) is 14.4 Å². The molecule has 244 valence electrons. The Labute approximate surface area is 268 Å². The third kappa shape index (κ3) is 7.71. The fourth-order valence-electron chi connectivity index (χ4n) is 5.42. The molecule has 1 amide bonds. The van der Waals surface area contributed by atoms with Crippen molar-refractivity contribution >= 4 is 28.8 Å². The van der Waals surface area contributed by atoms with Crippen molar-refractivity contribution in [2.24, 2.45) is 0 Å². The Bertz CT molecular complexity index is 1880. The molecule has 4 aromatic rings. The van der Waals surface area contributed by atoms with Crippen molar-refractivity contribution in [3.63, 3.8) is 0 Å². The van der Waals surface area contributed by atoms with Gasteiger partial charge in [-0.05, 0) is 53.6 Å². The average Bonchev–Trinajstić information content (AvgIpc) is 3.03. The molecule has 0 spiro atoms. The topological polar surface area (TPSA) is 86.1 Å². The van der Waals surface area contributed by atoms with Crippen LogP contribution in [0.3, 0.4) is 0 Å². The fourth-order valence-corrected chi connectivity index (χ4v) is 5.42. The highest BCUT2D eigenvalue weighted by Gasteiger charge is 2.26. The van der Waals surface area contributed by atoms with E-state index in [0.717, 1.165) is 22.0 Å². The Balaban J connectivity index is 1.38. The molecule has 0 radical (unpaired) electrons. The first-order chi connectivity index (χ1) is 22.4. The molecule has 5 rings (SSSR count). The number of benzene rings is 3. The van der Waals surface area contributed by atoms with Crippen molar-refractivity contribution in [1.29, 1.82) is 0 Å². The fraction of sp³-hybridized carbons (Fsp3) is 0.229. The largest absolute Gasteiger partial charge is 0.507 e. The molecule has 0 aliphatic carbocycles. The lowest BCUT2D eigenvalue weighted by Gasteiger charge is -2.35. The number of piperazine rings is 1. The predicted octanol–water partition coefficient (Wildman–Crippen LogP) is 4.93. The zero-order chi connectivity index (χ0) is 33.8. The van der Waals surface area contributed by atoms with Crippen LogP contribution in [0.1, 0.15) is 22.3 Å². The molecule has 0 bridgehead atoms. The van der Waals surface area contributed by atoms with Crippen LogP contribution in [0, 0.1) is 23.3 Å². The minimum absolute atomic E-state index is 0.119. The highest BCUT2D eigenvalue weighted by molar-refractivity contribution is 6.41. The lowest BCUT2D eigenvalue weighted by Crippen LogP contribution is -2.50. The van der Waals surface area contributed by atoms with E-state index in [-0.39, 0.29) is 25.2 Å². The summed E-state index contributed by atoms with van der Waals surface area (Å²) in [6.45, 7) is 1.26. The summed E-state index contributed by atoms with van der Waals surface area (Å²) in [6.07, 6.45) is 1.46. The van der Waals surface area contributed by atoms with Gasteiger partial charge in [-0.2, -0.15) is 0 Å². The maximum absolute atomic E-state index is 14.5. The minimum atomic E-state index is -1.15. The van der Waals surface area contributed by atoms with Gasteiger partial charge in [0, 0.05) is 88.0 Å². The first-order valence-electron chi connectivity index (χ1n) is 14.8. The zero-order valence-electron chi connectivity index (χ0n) is 25.7. The predicted molar refractivity (Wildman–Crippen MR) is 171 cm³/mol. The third-order valence-corrected chi connectivity index (χ3v) is 7.92. The van der Waals surface area contributed by atoms with Gasteiger partial charge in [0.1, 0.15) is 29.0 Å². The van der Waals surface area contributed by atoms with Crippen LogP contribution in [0.4, 0.5) is 28.9 Å². The Hall–Kier alpha value is -5.39. The lowest BCUT2D eigenvalue weighted by molar-refractivity contribution is -0.142. The van der Waals surface area contributed by atoms with Gasteiger partial charge < -0.3 is 24.4 Å². The first kappa shape index (κ1) is 33.0. The molecule has 8 nitrogen and oxygen atoms in total. The highest BCUT2D eigenvalue weighted by Crippen LogP contribution is 2.22. The molecule has 12 heteroatoms. The van der Waals surface area contributed by atoms with E-state index >= 15 is 0 Å². The second-order valence-electron chi connectivity index (χ2n) is 11.4. The molecule has 0 atom stereocenters. The van der Waals surface area contributed by atoms with Gasteiger partial charge in [-0.25, -0.2) is 17.6 Å². The quantitative estimate of drug-likeness (QED) is 0.120. The smallest absolute Gasteiger partial charge is 0.294 e. The summed E-state index contributed by atoms with van der Waals surface area (Å²) in [6, 6.07) is 15.5. The van der Waals surface area contributed by atoms with Gasteiger partial charge in [-0.1, -0.05) is 12.1 Å². The average molecular weight is 649 g/mol. The van der Waals surface area contributed by atoms with Crippen LogP contribution in [-0.2, 0) is 22.6 Å². The molecular weight excluding hydrogens is 616 g/mol. The molecule has 0 saturated carbocycles. The number of aliphatic hydroxyl groups excluding tert-OH is 1. The minimum Gasteiger partial charge on any atom is -0.507 e. The number of halogens is 4. The van der Waals surface area contributed by atoms with E-state index in [9.17, 15) is 37.1 Å². The summed E-state index contributed by atoms with van der Waals surface area (Å²) in [7, 11) is 3.89. The number of rotatable bonds is 9. The number of pyridine rings is 1. The molecule has 1 aromatic heterocycles. The SMILES string of the molecule is CN(C)c1ccc(N2CCN(C(=O)C(=O)C=C(O)c3cc(Cc4c(F)cc(F)cc4F)cn(Cc4cccc(F)c4)c3=O)CC2)cc1. The van der Waals surface area contributed by atoms with E-state index in [4.69, 9.17) is 0 Å². The van der Waals surface area contributed by atoms with E-state index in [2.05, 4.69) is 4.90 Å². The van der Waals surface area contributed by atoms with Gasteiger partial charge >= 0.3 is 0 Å². The van der Waals surface area contributed by atoms with Crippen molar-refractivity contribution in [1.82, 2.24) is 9.47 Å². The highest BCUT2D eigenvalue weighted by atomic mass is 19.1. The van der Waals surface area contributed by atoms with E-state index in [1.54, 1.807) is 6.07 Å². The van der Waals surface area contributed by atoms with Gasteiger partial charge in [0.25, 0.3) is 11.5 Å². The molecule has 1 N–H and O–H groups in total. The van der Waals surface area contributed by atoms with E-state index in [1.165, 1.54) is 29.3 Å². The van der Waals surface area contributed by atoms with Gasteiger partial charge in [0.15, 0.2) is 0 Å². The molecular formula is C35H32F4N4O4. The summed E-state index contributed by atoms with van der Waals surface area (Å²) in [4.78, 5) is 44.8. The molecule has 1 aliphatic rings. The number of nitrogens with zero attached hydrogens (tertiary/aromatic N) is 4. The van der Waals surface area contributed by atoms with Crippen molar-refractivity contribution in [2.75, 3.05) is 50.1 Å². The standard InChI is InChI=1S/C35H32F4N4O4/c1-40(2)26-6-8-27(9-7-26)41-10-12-42(13-11-41)35(47)33(45)19-32(44)29-16-23(15-28-30(38)17-25(37)18-31(28)39)21-43(34(29)46)20-22-4-3-5-24(36)14-22/h3-9,14,16-19,21,44H,10-13,15,20H2,1-2H3. The van der Waals surface area contributed by atoms with Crippen LogP contribution in [0.15, 0.2) is 83.8 Å². The zero-order valence-corrected chi connectivity index (χ0v) is 25.7. The van der Waals surface area contributed by atoms with E-state index in [1.807, 2.05) is 43.3 Å². The van der Waals surface area contributed by atoms with Crippen LogP contribution in [0.2, 0.25) is 0 Å². The van der Waals surface area contributed by atoms with Gasteiger partial charge in [0.05, 0.1) is 12.1 Å². The summed E-state index contributed by atoms with van der Waals surface area (Å²) in [5.74, 6) is -6.74. The summed E-state index contributed by atoms with van der Waals surface area (Å²) in [5, 5.41) is 10.9. The van der Waals surface area contributed by atoms with Crippen molar-refractivity contribution in [3.05, 3.63) is 135 Å². The normalized spacial score (nSPS) is 13.5. The van der Waals surface area contributed by atoms with Gasteiger partial charge in [0.2, 0.25) is 5.78 Å². The number of anilines is 2. The number of hydrogen-bond donors (Lipinski definition) is 1. The second-order valence-corrected chi connectivity index (χ2v) is 11.4. The number of carbonyl (C=O) groups excluding carboxylic acids is 2. The second kappa shape index (κ2) is 13.9. The molecule has 3 aromatic carbocycles. The maximum atomic E-state index is 14.5. The number of aromatic nitrogens is 1. The molecule has 1 saturated heterocycles. The summed E-state index contributed by atoms with van der Waals surface area (Å²) in [5.41, 5.74) is 0.790. The number of ketones is 1. The Morgan fingerprint density at radius 1 is 0.851 bits per heavy atom. The Kier molecular flexibility index (Phi) is 9.78. The van der Waals surface area contributed by atoms with Crippen LogP contribution >= 0.6 is 0 Å². The molecule has 1 fully saturated rings. The molecule has 2 heterocycles. The number of carbonyl (C=O) groups is 2. The van der Waals surface area contributed by atoms with E-state index < -0.39 is 63.8 Å². The summed E-state index contributed by atoms with van der Waals surface area (Å²) >= 11 is 0. The monoisotopic (exact) mass is 648 g/mol. The number of hydrogen-bond acceptors (Lipinski definition) is 6. The number of aliphatic hydroxyl groups is 1. The third-order valence-electron chi connectivity index (χ3n) is 7.92. The van der Waals surface area contributed by atoms with Crippen LogP contribution in [0.25, 0.3) is 5.76 Å². The Morgan fingerprint density at radius 3 is 2.13 bits per heavy atom. The summed E-state index contributed by atoms with van der Waals surface area (Å²) < 4.78 is 57.4. The Morgan fingerprint density at radius 2 is 1.51 bits per heavy atom. The van der Waals surface area contributed by atoms with Crippen molar-refractivity contribution in [2.45, 2.75) is 13.0 Å². The van der Waals surface area contributed by atoms with Gasteiger partial charge in [-0.15, -0.1) is 0 Å². The maximum Gasteiger partial charge on any atom is 0.294 e. The van der Waals surface area contributed by atoms with E-state index in [0.29, 0.717) is 36.9 Å². The lowest BCUT2D eigenvalue weighted by atomic mass is 10.0. The first-order valence-corrected chi connectivity index (χ1v) is 14.8. The molecule has 0 unspecified atom stereocenters. The van der Waals surface area contributed by atoms with Crippen molar-refractivity contribution in [3.8, 4) is 0 Å². The molecule has 1 aliphatic heterocycles. The number of amides is 1. The van der Waals surface area contributed by atoms with Crippen LogP contribution in [-0.4, -0.2) is 66.5 Å². The van der Waals surface area contributed by atoms with Crippen LogP contribution in [0.5, 0.6) is 0 Å².